The van der Waals surface area contributed by atoms with Crippen LogP contribution in [0.3, 0.4) is 0 Å². The van der Waals surface area contributed by atoms with Crippen LogP contribution < -0.4 is 14.7 Å². The Morgan fingerprint density at radius 3 is 2.21 bits per heavy atom. The largest absolute Gasteiger partial charge is 0.368 e. The molecule has 0 amide bonds. The summed E-state index contributed by atoms with van der Waals surface area (Å²) in [5.41, 5.74) is 1.07. The molecule has 128 valence electrons. The van der Waals surface area contributed by atoms with E-state index in [1.807, 2.05) is 12.1 Å². The number of anilines is 3. The number of aromatic nitrogens is 2. The Morgan fingerprint density at radius 1 is 0.958 bits per heavy atom. The van der Waals surface area contributed by atoms with Crippen molar-refractivity contribution in [2.24, 2.45) is 0 Å². The lowest BCUT2D eigenvalue weighted by Crippen LogP contribution is -2.46. The summed E-state index contributed by atoms with van der Waals surface area (Å²) in [7, 11) is 0. The van der Waals surface area contributed by atoms with Crippen molar-refractivity contribution < 1.29 is 4.39 Å². The molecule has 1 aromatic carbocycles. The quantitative estimate of drug-likeness (QED) is 0.843. The van der Waals surface area contributed by atoms with Crippen LogP contribution in [0.1, 0.15) is 13.8 Å². The molecule has 1 aromatic heterocycles. The van der Waals surface area contributed by atoms with E-state index in [1.54, 1.807) is 6.33 Å². The maximum Gasteiger partial charge on any atom is 0.134 e. The first kappa shape index (κ1) is 16.5. The van der Waals surface area contributed by atoms with Crippen LogP contribution in [-0.2, 0) is 0 Å². The van der Waals surface area contributed by atoms with Gasteiger partial charge in [0.25, 0.3) is 0 Å². The van der Waals surface area contributed by atoms with Crippen molar-refractivity contribution >= 4 is 17.3 Å². The molecule has 5 nitrogen and oxygen atoms in total. The minimum Gasteiger partial charge on any atom is -0.368 e. The molecule has 1 fully saturated rings. The summed E-state index contributed by atoms with van der Waals surface area (Å²) in [6.45, 7) is 9.72. The molecule has 2 aromatic rings. The number of halogens is 1. The second-order valence-electron chi connectivity index (χ2n) is 5.86. The van der Waals surface area contributed by atoms with Crippen LogP contribution >= 0.6 is 0 Å². The minimum atomic E-state index is -0.192. The maximum atomic E-state index is 13.1. The van der Waals surface area contributed by atoms with Gasteiger partial charge in [-0.05, 0) is 38.1 Å². The van der Waals surface area contributed by atoms with Crippen molar-refractivity contribution in [3.05, 3.63) is 42.5 Å². The lowest BCUT2D eigenvalue weighted by molar-refractivity contribution is 0.624. The Balaban J connectivity index is 1.66. The Labute approximate surface area is 142 Å². The number of benzene rings is 1. The second kappa shape index (κ2) is 7.47. The Morgan fingerprint density at radius 2 is 1.58 bits per heavy atom. The number of hydrogen-bond donors (Lipinski definition) is 0. The summed E-state index contributed by atoms with van der Waals surface area (Å²) in [5.74, 6) is 1.76. The molecule has 0 atom stereocenters. The molecule has 1 saturated heterocycles. The molecule has 0 radical (unpaired) electrons. The third-order valence-corrected chi connectivity index (χ3v) is 4.52. The fourth-order valence-electron chi connectivity index (χ4n) is 3.08. The lowest BCUT2D eigenvalue weighted by Gasteiger charge is -2.37. The molecule has 1 aliphatic rings. The monoisotopic (exact) mass is 329 g/mol. The molecule has 2 heterocycles. The highest BCUT2D eigenvalue weighted by molar-refractivity contribution is 5.53. The Kier molecular flexibility index (Phi) is 5.13. The molecular formula is C18H24FN5. The highest BCUT2D eigenvalue weighted by atomic mass is 19.1. The number of hydrogen-bond acceptors (Lipinski definition) is 5. The molecule has 0 saturated carbocycles. The van der Waals surface area contributed by atoms with E-state index in [-0.39, 0.29) is 5.82 Å². The van der Waals surface area contributed by atoms with Crippen LogP contribution in [0.15, 0.2) is 36.7 Å². The van der Waals surface area contributed by atoms with Crippen LogP contribution in [0.5, 0.6) is 0 Å². The van der Waals surface area contributed by atoms with Crippen molar-refractivity contribution in [1.82, 2.24) is 9.97 Å². The van der Waals surface area contributed by atoms with Crippen LogP contribution in [0, 0.1) is 5.82 Å². The fourth-order valence-corrected chi connectivity index (χ4v) is 3.08. The van der Waals surface area contributed by atoms with Gasteiger partial charge >= 0.3 is 0 Å². The molecule has 0 N–H and O–H groups in total. The average Bonchev–Trinajstić information content (AvgIpc) is 2.64. The van der Waals surface area contributed by atoms with Crippen LogP contribution in [0.4, 0.5) is 21.7 Å². The van der Waals surface area contributed by atoms with E-state index in [2.05, 4.69) is 44.6 Å². The summed E-state index contributed by atoms with van der Waals surface area (Å²) in [6.07, 6.45) is 1.65. The smallest absolute Gasteiger partial charge is 0.134 e. The zero-order chi connectivity index (χ0) is 16.9. The Bertz CT molecular complexity index is 649. The molecule has 0 bridgehead atoms. The first-order valence-corrected chi connectivity index (χ1v) is 8.53. The first-order valence-electron chi connectivity index (χ1n) is 8.53. The topological polar surface area (TPSA) is 35.5 Å². The zero-order valence-corrected chi connectivity index (χ0v) is 14.3. The molecule has 0 aliphatic carbocycles. The van der Waals surface area contributed by atoms with Gasteiger partial charge in [0.2, 0.25) is 0 Å². The van der Waals surface area contributed by atoms with E-state index in [0.29, 0.717) is 0 Å². The van der Waals surface area contributed by atoms with Crippen molar-refractivity contribution in [1.29, 1.82) is 0 Å². The normalized spacial score (nSPS) is 14.8. The summed E-state index contributed by atoms with van der Waals surface area (Å²) >= 11 is 0. The Hall–Kier alpha value is -2.37. The van der Waals surface area contributed by atoms with Crippen LogP contribution in [0.2, 0.25) is 0 Å². The van der Waals surface area contributed by atoms with Crippen molar-refractivity contribution in [3.63, 3.8) is 0 Å². The summed E-state index contributed by atoms with van der Waals surface area (Å²) in [6, 6.07) is 8.79. The average molecular weight is 329 g/mol. The highest BCUT2D eigenvalue weighted by Crippen LogP contribution is 2.21. The number of piperazine rings is 1. The van der Waals surface area contributed by atoms with Gasteiger partial charge in [0.05, 0.1) is 0 Å². The standard InChI is InChI=1S/C18H24FN5/c1-3-22(4-2)17-13-18(21-14-20-17)24-11-9-23(10-12-24)16-7-5-15(19)6-8-16/h5-8,13-14H,3-4,9-12H2,1-2H3. The molecule has 6 heteroatoms. The second-order valence-corrected chi connectivity index (χ2v) is 5.86. The van der Waals surface area contributed by atoms with Gasteiger partial charge in [-0.1, -0.05) is 0 Å². The summed E-state index contributed by atoms with van der Waals surface area (Å²) < 4.78 is 13.1. The van der Waals surface area contributed by atoms with E-state index in [4.69, 9.17) is 0 Å². The maximum absolute atomic E-state index is 13.1. The van der Waals surface area contributed by atoms with Crippen LogP contribution in [-0.4, -0.2) is 49.2 Å². The van der Waals surface area contributed by atoms with E-state index < -0.39 is 0 Å². The van der Waals surface area contributed by atoms with E-state index in [1.165, 1.54) is 12.1 Å². The first-order chi connectivity index (χ1) is 11.7. The van der Waals surface area contributed by atoms with Crippen LogP contribution in [0.25, 0.3) is 0 Å². The molecule has 3 rings (SSSR count). The third kappa shape index (κ3) is 3.58. The van der Waals surface area contributed by atoms with Gasteiger partial charge in [-0.15, -0.1) is 0 Å². The molecule has 1 aliphatic heterocycles. The number of nitrogens with zero attached hydrogens (tertiary/aromatic N) is 5. The van der Waals surface area contributed by atoms with E-state index in [0.717, 1.165) is 56.6 Å². The van der Waals surface area contributed by atoms with Gasteiger partial charge in [-0.3, -0.25) is 0 Å². The van der Waals surface area contributed by atoms with Gasteiger partial charge < -0.3 is 14.7 Å². The highest BCUT2D eigenvalue weighted by Gasteiger charge is 2.19. The number of rotatable bonds is 5. The zero-order valence-electron chi connectivity index (χ0n) is 14.3. The lowest BCUT2D eigenvalue weighted by atomic mass is 10.2. The fraction of sp³-hybridized carbons (Fsp3) is 0.444. The van der Waals surface area contributed by atoms with Crippen molar-refractivity contribution in [2.45, 2.75) is 13.8 Å². The predicted molar refractivity (Wildman–Crippen MR) is 96.4 cm³/mol. The van der Waals surface area contributed by atoms with Gasteiger partial charge in [-0.2, -0.15) is 0 Å². The predicted octanol–water partition coefficient (Wildman–Crippen LogP) is 2.79. The van der Waals surface area contributed by atoms with Gasteiger partial charge in [-0.25, -0.2) is 14.4 Å². The SMILES string of the molecule is CCN(CC)c1cc(N2CCN(c3ccc(F)cc3)CC2)ncn1. The summed E-state index contributed by atoms with van der Waals surface area (Å²) in [4.78, 5) is 15.6. The van der Waals surface area contributed by atoms with E-state index >= 15 is 0 Å². The van der Waals surface area contributed by atoms with Gasteiger partial charge in [0.15, 0.2) is 0 Å². The molecular weight excluding hydrogens is 305 g/mol. The molecule has 0 spiro atoms. The van der Waals surface area contributed by atoms with Crippen molar-refractivity contribution in [3.8, 4) is 0 Å². The van der Waals surface area contributed by atoms with E-state index in [9.17, 15) is 4.39 Å². The van der Waals surface area contributed by atoms with Crippen molar-refractivity contribution in [2.75, 3.05) is 54.0 Å². The van der Waals surface area contributed by atoms with Gasteiger partial charge in [0, 0.05) is 51.0 Å². The molecule has 24 heavy (non-hydrogen) atoms. The van der Waals surface area contributed by atoms with Gasteiger partial charge in [0.1, 0.15) is 23.8 Å². The summed E-state index contributed by atoms with van der Waals surface area (Å²) in [5, 5.41) is 0. The third-order valence-electron chi connectivity index (χ3n) is 4.52. The molecule has 0 unspecified atom stereocenters. The minimum absolute atomic E-state index is 0.192.